The van der Waals surface area contributed by atoms with Crippen LogP contribution in [0.25, 0.3) is 10.8 Å². The third-order valence-electron chi connectivity index (χ3n) is 4.56. The first kappa shape index (κ1) is 19.2. The lowest BCUT2D eigenvalue weighted by molar-refractivity contribution is 0.0719. The predicted octanol–water partition coefficient (Wildman–Crippen LogP) is 5.29. The Labute approximate surface area is 173 Å². The molecular formula is C25H18O5. The molecule has 5 heteroatoms. The number of ether oxygens (including phenoxy) is 3. The van der Waals surface area contributed by atoms with Crippen molar-refractivity contribution in [3.05, 3.63) is 102 Å². The topological polar surface area (TPSA) is 61.8 Å². The van der Waals surface area contributed by atoms with E-state index in [0.29, 0.717) is 27.6 Å². The van der Waals surface area contributed by atoms with Gasteiger partial charge in [-0.05, 0) is 24.3 Å². The molecule has 0 radical (unpaired) electrons. The van der Waals surface area contributed by atoms with Crippen molar-refractivity contribution >= 4 is 22.7 Å². The Balaban J connectivity index is 1.75. The van der Waals surface area contributed by atoms with Crippen LogP contribution in [0.3, 0.4) is 0 Å². The molecular weight excluding hydrogens is 380 g/mol. The van der Waals surface area contributed by atoms with Crippen LogP contribution in [0, 0.1) is 0 Å². The van der Waals surface area contributed by atoms with E-state index in [0.717, 1.165) is 0 Å². The van der Waals surface area contributed by atoms with Gasteiger partial charge in [-0.3, -0.25) is 0 Å². The van der Waals surface area contributed by atoms with E-state index in [4.69, 9.17) is 14.2 Å². The number of hydrogen-bond acceptors (Lipinski definition) is 5. The molecule has 0 N–H and O–H groups in total. The van der Waals surface area contributed by atoms with Crippen LogP contribution in [0.1, 0.15) is 20.7 Å². The van der Waals surface area contributed by atoms with Crippen molar-refractivity contribution in [1.29, 1.82) is 0 Å². The fourth-order valence-corrected chi connectivity index (χ4v) is 3.09. The molecule has 0 aromatic heterocycles. The van der Waals surface area contributed by atoms with Gasteiger partial charge < -0.3 is 14.2 Å². The molecule has 0 saturated heterocycles. The second-order valence-corrected chi connectivity index (χ2v) is 6.46. The largest absolute Gasteiger partial charge is 0.493 e. The van der Waals surface area contributed by atoms with Crippen molar-refractivity contribution in [2.24, 2.45) is 0 Å². The lowest BCUT2D eigenvalue weighted by atomic mass is 10.1. The highest BCUT2D eigenvalue weighted by Gasteiger charge is 2.20. The summed E-state index contributed by atoms with van der Waals surface area (Å²) in [5, 5.41) is 1.22. The molecule has 0 unspecified atom stereocenters. The average Bonchev–Trinajstić information content (AvgIpc) is 2.81. The van der Waals surface area contributed by atoms with E-state index in [2.05, 4.69) is 0 Å². The third-order valence-corrected chi connectivity index (χ3v) is 4.56. The van der Waals surface area contributed by atoms with Crippen LogP contribution in [0.15, 0.2) is 91.0 Å². The smallest absolute Gasteiger partial charge is 0.343 e. The molecule has 0 bridgehead atoms. The maximum Gasteiger partial charge on any atom is 0.343 e. The molecule has 148 valence electrons. The zero-order valence-corrected chi connectivity index (χ0v) is 16.2. The summed E-state index contributed by atoms with van der Waals surface area (Å²) in [6.45, 7) is 0. The van der Waals surface area contributed by atoms with Crippen molar-refractivity contribution in [2.75, 3.05) is 7.11 Å². The molecule has 0 aliphatic carbocycles. The Bertz CT molecular complexity index is 1200. The molecule has 0 amide bonds. The van der Waals surface area contributed by atoms with Gasteiger partial charge in [0, 0.05) is 16.8 Å². The Morgan fingerprint density at radius 2 is 1.10 bits per heavy atom. The normalized spacial score (nSPS) is 10.4. The van der Waals surface area contributed by atoms with Gasteiger partial charge in [-0.25, -0.2) is 9.59 Å². The zero-order chi connectivity index (χ0) is 20.9. The fourth-order valence-electron chi connectivity index (χ4n) is 3.09. The molecule has 30 heavy (non-hydrogen) atoms. The lowest BCUT2D eigenvalue weighted by Gasteiger charge is -2.15. The SMILES string of the molecule is COc1cc(OC(=O)c2ccccc2)c2ccccc2c1OC(=O)c1ccccc1. The van der Waals surface area contributed by atoms with Crippen molar-refractivity contribution < 1.29 is 23.8 Å². The summed E-state index contributed by atoms with van der Waals surface area (Å²) in [7, 11) is 1.47. The lowest BCUT2D eigenvalue weighted by Crippen LogP contribution is -2.11. The summed E-state index contributed by atoms with van der Waals surface area (Å²) in [6, 6.07) is 26.2. The summed E-state index contributed by atoms with van der Waals surface area (Å²) in [6.07, 6.45) is 0. The van der Waals surface area contributed by atoms with Crippen molar-refractivity contribution in [3.63, 3.8) is 0 Å². The van der Waals surface area contributed by atoms with Crippen LogP contribution >= 0.6 is 0 Å². The monoisotopic (exact) mass is 398 g/mol. The Morgan fingerprint density at radius 1 is 0.600 bits per heavy atom. The van der Waals surface area contributed by atoms with Gasteiger partial charge >= 0.3 is 11.9 Å². The summed E-state index contributed by atoms with van der Waals surface area (Å²) < 4.78 is 16.8. The number of rotatable bonds is 5. The highest BCUT2D eigenvalue weighted by molar-refractivity contribution is 6.01. The molecule has 4 rings (SSSR count). The van der Waals surface area contributed by atoms with E-state index < -0.39 is 11.9 Å². The van der Waals surface area contributed by atoms with Crippen LogP contribution in [-0.2, 0) is 0 Å². The third kappa shape index (κ3) is 3.86. The molecule has 0 saturated carbocycles. The van der Waals surface area contributed by atoms with E-state index in [-0.39, 0.29) is 11.5 Å². The average molecular weight is 398 g/mol. The molecule has 5 nitrogen and oxygen atoms in total. The van der Waals surface area contributed by atoms with Crippen LogP contribution in [-0.4, -0.2) is 19.0 Å². The van der Waals surface area contributed by atoms with Gasteiger partial charge in [0.05, 0.1) is 18.2 Å². The number of fused-ring (bicyclic) bond motifs is 1. The van der Waals surface area contributed by atoms with E-state index >= 15 is 0 Å². The first-order chi connectivity index (χ1) is 14.7. The predicted molar refractivity (Wildman–Crippen MR) is 113 cm³/mol. The minimum atomic E-state index is -0.506. The summed E-state index contributed by atoms with van der Waals surface area (Å²) >= 11 is 0. The second kappa shape index (κ2) is 8.49. The van der Waals surface area contributed by atoms with Crippen LogP contribution in [0.5, 0.6) is 17.2 Å². The Hall–Kier alpha value is -4.12. The number of benzene rings is 4. The molecule has 0 fully saturated rings. The maximum atomic E-state index is 12.6. The van der Waals surface area contributed by atoms with E-state index in [1.807, 2.05) is 24.3 Å². The van der Waals surface area contributed by atoms with E-state index in [1.54, 1.807) is 66.7 Å². The van der Waals surface area contributed by atoms with Crippen LogP contribution in [0.2, 0.25) is 0 Å². The highest BCUT2D eigenvalue weighted by Crippen LogP contribution is 2.42. The first-order valence-corrected chi connectivity index (χ1v) is 9.31. The second-order valence-electron chi connectivity index (χ2n) is 6.46. The fraction of sp³-hybridized carbons (Fsp3) is 0.0400. The molecule has 0 heterocycles. The number of esters is 2. The molecule has 0 aliphatic rings. The van der Waals surface area contributed by atoms with Gasteiger partial charge in [-0.15, -0.1) is 0 Å². The molecule has 4 aromatic carbocycles. The van der Waals surface area contributed by atoms with Gasteiger partial charge in [0.1, 0.15) is 5.75 Å². The minimum absolute atomic E-state index is 0.265. The molecule has 4 aromatic rings. The van der Waals surface area contributed by atoms with Crippen molar-refractivity contribution in [3.8, 4) is 17.2 Å². The Morgan fingerprint density at radius 3 is 1.67 bits per heavy atom. The van der Waals surface area contributed by atoms with Crippen LogP contribution in [0.4, 0.5) is 0 Å². The number of carbonyl (C=O) groups is 2. The Kier molecular flexibility index (Phi) is 5.44. The minimum Gasteiger partial charge on any atom is -0.493 e. The summed E-state index contributed by atoms with van der Waals surface area (Å²) in [4.78, 5) is 25.2. The number of carbonyl (C=O) groups excluding carboxylic acids is 2. The standard InChI is InChI=1S/C25H18O5/c1-28-22-16-21(29-24(26)17-10-4-2-5-11-17)19-14-8-9-15-20(19)23(22)30-25(27)18-12-6-3-7-13-18/h2-16H,1H3. The van der Waals surface area contributed by atoms with E-state index in [9.17, 15) is 9.59 Å². The van der Waals surface area contributed by atoms with Gasteiger partial charge in [0.2, 0.25) is 0 Å². The quantitative estimate of drug-likeness (QED) is 0.338. The zero-order valence-electron chi connectivity index (χ0n) is 16.2. The van der Waals surface area contributed by atoms with Gasteiger partial charge in [-0.2, -0.15) is 0 Å². The molecule has 0 atom stereocenters. The first-order valence-electron chi connectivity index (χ1n) is 9.31. The van der Waals surface area contributed by atoms with Crippen LogP contribution < -0.4 is 14.2 Å². The van der Waals surface area contributed by atoms with Gasteiger partial charge in [0.15, 0.2) is 11.5 Å². The van der Waals surface area contributed by atoms with E-state index in [1.165, 1.54) is 7.11 Å². The van der Waals surface area contributed by atoms with Crippen molar-refractivity contribution in [1.82, 2.24) is 0 Å². The highest BCUT2D eigenvalue weighted by atomic mass is 16.6. The number of hydrogen-bond donors (Lipinski definition) is 0. The number of methoxy groups -OCH3 is 1. The molecule has 0 spiro atoms. The maximum absolute atomic E-state index is 12.6. The van der Waals surface area contributed by atoms with Gasteiger partial charge in [0.25, 0.3) is 0 Å². The van der Waals surface area contributed by atoms with Crippen molar-refractivity contribution in [2.45, 2.75) is 0 Å². The summed E-state index contributed by atoms with van der Waals surface area (Å²) in [5.74, 6) is -0.129. The molecule has 0 aliphatic heterocycles. The summed E-state index contributed by atoms with van der Waals surface area (Å²) in [5.41, 5.74) is 0.850. The van der Waals surface area contributed by atoms with Gasteiger partial charge in [-0.1, -0.05) is 60.7 Å².